The van der Waals surface area contributed by atoms with Crippen LogP contribution in [-0.2, 0) is 0 Å². The summed E-state index contributed by atoms with van der Waals surface area (Å²) < 4.78 is 0. The molecule has 2 unspecified atom stereocenters. The number of aryl methyl sites for hydroxylation is 1. The zero-order chi connectivity index (χ0) is 13.6. The molecule has 2 atom stereocenters. The molecule has 2 fully saturated rings. The lowest BCUT2D eigenvalue weighted by Gasteiger charge is -2.37. The van der Waals surface area contributed by atoms with Crippen molar-refractivity contribution in [2.45, 2.75) is 50.1 Å². The van der Waals surface area contributed by atoms with E-state index in [-0.39, 0.29) is 29.1 Å². The summed E-state index contributed by atoms with van der Waals surface area (Å²) in [5.41, 5.74) is 1.16. The van der Waals surface area contributed by atoms with Gasteiger partial charge >= 0.3 is 0 Å². The van der Waals surface area contributed by atoms with Crippen LogP contribution in [-0.4, -0.2) is 33.4 Å². The van der Waals surface area contributed by atoms with Crippen LogP contribution in [0.15, 0.2) is 18.2 Å². The predicted octanol–water partition coefficient (Wildman–Crippen LogP) is 3.08. The van der Waals surface area contributed by atoms with Crippen molar-refractivity contribution < 1.29 is 9.90 Å². The summed E-state index contributed by atoms with van der Waals surface area (Å²) in [5.74, 6) is 0.0668. The lowest BCUT2D eigenvalue weighted by molar-refractivity contribution is 0.0596. The Labute approximate surface area is 118 Å². The number of fused-ring (bicyclic) bond motifs is 2. The van der Waals surface area contributed by atoms with Gasteiger partial charge in [0.15, 0.2) is 0 Å². The molecule has 0 aliphatic carbocycles. The highest BCUT2D eigenvalue weighted by Crippen LogP contribution is 2.39. The number of hydrogen-bond donors (Lipinski definition) is 1. The van der Waals surface area contributed by atoms with E-state index in [0.29, 0.717) is 5.56 Å². The van der Waals surface area contributed by atoms with E-state index in [2.05, 4.69) is 0 Å². The molecule has 1 aromatic rings. The molecule has 2 bridgehead atoms. The van der Waals surface area contributed by atoms with Crippen molar-refractivity contribution in [2.24, 2.45) is 0 Å². The quantitative estimate of drug-likeness (QED) is 0.803. The number of halogens is 1. The van der Waals surface area contributed by atoms with Gasteiger partial charge in [-0.3, -0.25) is 4.79 Å². The van der Waals surface area contributed by atoms with Gasteiger partial charge in [0.1, 0.15) is 5.75 Å². The maximum Gasteiger partial charge on any atom is 0.258 e. The van der Waals surface area contributed by atoms with Gasteiger partial charge in [0.25, 0.3) is 5.91 Å². The summed E-state index contributed by atoms with van der Waals surface area (Å²) in [6.45, 7) is 1.81. The molecule has 0 radical (unpaired) electrons. The molecule has 1 amide bonds. The molecule has 2 saturated heterocycles. The van der Waals surface area contributed by atoms with Gasteiger partial charge in [-0.2, -0.15) is 0 Å². The van der Waals surface area contributed by atoms with Gasteiger partial charge in [-0.1, -0.05) is 12.1 Å². The zero-order valence-corrected chi connectivity index (χ0v) is 11.7. The Hall–Kier alpha value is -1.22. The monoisotopic (exact) mass is 279 g/mol. The maximum atomic E-state index is 12.7. The second kappa shape index (κ2) is 4.71. The third kappa shape index (κ3) is 2.10. The molecule has 4 heteroatoms. The van der Waals surface area contributed by atoms with Gasteiger partial charge in [-0.25, -0.2) is 0 Å². The number of hydrogen-bond acceptors (Lipinski definition) is 2. The van der Waals surface area contributed by atoms with Crippen molar-refractivity contribution in [1.82, 2.24) is 4.90 Å². The summed E-state index contributed by atoms with van der Waals surface area (Å²) in [4.78, 5) is 14.6. The Morgan fingerprint density at radius 3 is 2.58 bits per heavy atom. The number of benzene rings is 1. The van der Waals surface area contributed by atoms with E-state index in [1.807, 2.05) is 24.0 Å². The first-order chi connectivity index (χ1) is 9.08. The largest absolute Gasteiger partial charge is 0.507 e. The van der Waals surface area contributed by atoms with Crippen LogP contribution in [0.25, 0.3) is 0 Å². The second-order valence-electron chi connectivity index (χ2n) is 5.64. The van der Waals surface area contributed by atoms with E-state index in [0.717, 1.165) is 31.2 Å². The topological polar surface area (TPSA) is 40.5 Å². The summed E-state index contributed by atoms with van der Waals surface area (Å²) >= 11 is 6.23. The number of carbonyl (C=O) groups is 1. The van der Waals surface area contributed by atoms with E-state index in [4.69, 9.17) is 11.6 Å². The molecule has 2 aliphatic rings. The average molecular weight is 280 g/mol. The number of carbonyl (C=O) groups excluding carboxylic acids is 1. The molecule has 102 valence electrons. The number of amides is 1. The molecule has 3 nitrogen and oxygen atoms in total. The number of nitrogens with zero attached hydrogens (tertiary/aromatic N) is 1. The van der Waals surface area contributed by atoms with Gasteiger partial charge in [0.05, 0.1) is 5.56 Å². The van der Waals surface area contributed by atoms with Gasteiger partial charge in [-0.15, -0.1) is 11.6 Å². The average Bonchev–Trinajstić information content (AvgIpc) is 2.64. The first-order valence-corrected chi connectivity index (χ1v) is 7.27. The molecule has 2 aliphatic heterocycles. The van der Waals surface area contributed by atoms with E-state index in [1.54, 1.807) is 6.07 Å². The van der Waals surface area contributed by atoms with Crippen LogP contribution in [0.3, 0.4) is 0 Å². The van der Waals surface area contributed by atoms with Crippen LogP contribution in [0.5, 0.6) is 5.75 Å². The Bertz CT molecular complexity index is 503. The lowest BCUT2D eigenvalue weighted by Crippen LogP contribution is -2.47. The van der Waals surface area contributed by atoms with Crippen molar-refractivity contribution in [3.05, 3.63) is 29.3 Å². The van der Waals surface area contributed by atoms with Gasteiger partial charge in [-0.05, 0) is 44.2 Å². The molecule has 3 rings (SSSR count). The fourth-order valence-corrected chi connectivity index (χ4v) is 3.82. The molecule has 1 N–H and O–H groups in total. The summed E-state index contributed by atoms with van der Waals surface area (Å²) in [7, 11) is 0. The van der Waals surface area contributed by atoms with E-state index >= 15 is 0 Å². The number of alkyl halides is 1. The third-order valence-electron chi connectivity index (χ3n) is 4.38. The highest BCUT2D eigenvalue weighted by Gasteiger charge is 2.43. The normalized spacial score (nSPS) is 29.6. The van der Waals surface area contributed by atoms with Crippen LogP contribution in [0, 0.1) is 6.92 Å². The molecular weight excluding hydrogens is 262 g/mol. The number of aromatic hydroxyl groups is 1. The van der Waals surface area contributed by atoms with Crippen molar-refractivity contribution in [2.75, 3.05) is 0 Å². The highest BCUT2D eigenvalue weighted by atomic mass is 35.5. The van der Waals surface area contributed by atoms with Gasteiger partial charge in [0.2, 0.25) is 0 Å². The van der Waals surface area contributed by atoms with E-state index in [1.165, 1.54) is 0 Å². The van der Waals surface area contributed by atoms with Crippen LogP contribution < -0.4 is 0 Å². The minimum absolute atomic E-state index is 0.0442. The molecule has 2 heterocycles. The van der Waals surface area contributed by atoms with Crippen LogP contribution >= 0.6 is 11.6 Å². The highest BCUT2D eigenvalue weighted by molar-refractivity contribution is 6.20. The summed E-state index contributed by atoms with van der Waals surface area (Å²) in [5, 5.41) is 10.3. The number of para-hydroxylation sites is 1. The van der Waals surface area contributed by atoms with Gasteiger partial charge in [0, 0.05) is 17.5 Å². The minimum Gasteiger partial charge on any atom is -0.507 e. The minimum atomic E-state index is -0.0442. The maximum absolute atomic E-state index is 12.7. The van der Waals surface area contributed by atoms with Crippen LogP contribution in [0.4, 0.5) is 0 Å². The Morgan fingerprint density at radius 2 is 1.95 bits per heavy atom. The van der Waals surface area contributed by atoms with E-state index < -0.39 is 0 Å². The molecule has 19 heavy (non-hydrogen) atoms. The standard InChI is InChI=1S/C15H18ClNO2/c1-9-3-2-4-13(14(9)18)15(19)17-11-5-6-12(17)8-10(16)7-11/h2-4,10-12,18H,5-8H2,1H3. The number of phenolic OH excluding ortho intramolecular Hbond substituents is 1. The smallest absolute Gasteiger partial charge is 0.258 e. The predicted molar refractivity (Wildman–Crippen MR) is 74.7 cm³/mol. The summed E-state index contributed by atoms with van der Waals surface area (Å²) in [6.07, 6.45) is 3.81. The van der Waals surface area contributed by atoms with Crippen molar-refractivity contribution >= 4 is 17.5 Å². The molecular formula is C15H18ClNO2. The molecule has 1 aromatic carbocycles. The van der Waals surface area contributed by atoms with Crippen molar-refractivity contribution in [1.29, 1.82) is 0 Å². The number of rotatable bonds is 1. The second-order valence-corrected chi connectivity index (χ2v) is 6.25. The third-order valence-corrected chi connectivity index (χ3v) is 4.73. The zero-order valence-electron chi connectivity index (χ0n) is 11.0. The van der Waals surface area contributed by atoms with Crippen LogP contribution in [0.1, 0.15) is 41.6 Å². The fraction of sp³-hybridized carbons (Fsp3) is 0.533. The Morgan fingerprint density at radius 1 is 1.32 bits per heavy atom. The van der Waals surface area contributed by atoms with Crippen LogP contribution in [0.2, 0.25) is 0 Å². The lowest BCUT2D eigenvalue weighted by atomic mass is 10.00. The molecule has 0 saturated carbocycles. The first-order valence-electron chi connectivity index (χ1n) is 6.83. The number of piperidine rings is 1. The van der Waals surface area contributed by atoms with Crippen molar-refractivity contribution in [3.63, 3.8) is 0 Å². The Kier molecular flexibility index (Phi) is 3.17. The SMILES string of the molecule is Cc1cccc(C(=O)N2C3CCC2CC(Cl)C3)c1O. The van der Waals surface area contributed by atoms with E-state index in [9.17, 15) is 9.90 Å². The molecule has 0 aromatic heterocycles. The molecule has 0 spiro atoms. The Balaban J connectivity index is 1.91. The fourth-order valence-electron chi connectivity index (χ4n) is 3.41. The number of phenols is 1. The van der Waals surface area contributed by atoms with Gasteiger partial charge < -0.3 is 10.0 Å². The first kappa shape index (κ1) is 12.8. The van der Waals surface area contributed by atoms with Crippen molar-refractivity contribution in [3.8, 4) is 5.75 Å². The summed E-state index contributed by atoms with van der Waals surface area (Å²) in [6, 6.07) is 5.82.